The zero-order valence-electron chi connectivity index (χ0n) is 12.7. The Labute approximate surface area is 127 Å². The second-order valence-electron chi connectivity index (χ2n) is 4.89. The first kappa shape index (κ1) is 17.9. The molecule has 0 aliphatic carbocycles. The molecule has 0 amide bonds. The summed E-state index contributed by atoms with van der Waals surface area (Å²) in [4.78, 5) is 4.04. The molecule has 0 saturated carbocycles. The molecule has 1 heterocycles. The Morgan fingerprint density at radius 1 is 1.33 bits per heavy atom. The van der Waals surface area contributed by atoms with E-state index in [2.05, 4.69) is 10.3 Å². The Morgan fingerprint density at radius 3 is 2.76 bits per heavy atom. The average molecular weight is 315 g/mol. The molecule has 1 rings (SSSR count). The second kappa shape index (κ2) is 8.96. The molecule has 7 heteroatoms. The number of sulfonamides is 1. The van der Waals surface area contributed by atoms with Crippen molar-refractivity contribution in [2.45, 2.75) is 37.6 Å². The molecule has 0 aliphatic heterocycles. The van der Waals surface area contributed by atoms with E-state index in [9.17, 15) is 8.42 Å². The summed E-state index contributed by atoms with van der Waals surface area (Å²) < 4.78 is 26.4. The Morgan fingerprint density at radius 2 is 2.10 bits per heavy atom. The highest BCUT2D eigenvalue weighted by atomic mass is 32.2. The van der Waals surface area contributed by atoms with E-state index in [0.29, 0.717) is 25.2 Å². The van der Waals surface area contributed by atoms with E-state index < -0.39 is 10.0 Å². The summed E-state index contributed by atoms with van der Waals surface area (Å²) in [6.45, 7) is 3.28. The zero-order chi connectivity index (χ0) is 15.7. The maximum absolute atomic E-state index is 12.6. The topological polar surface area (TPSA) is 82.5 Å². The Balaban J connectivity index is 2.81. The van der Waals surface area contributed by atoms with Crippen LogP contribution < -0.4 is 5.32 Å². The van der Waals surface area contributed by atoms with Gasteiger partial charge < -0.3 is 10.4 Å². The first-order valence-corrected chi connectivity index (χ1v) is 8.74. The number of unbranched alkanes of at least 4 members (excludes halogenated alkanes) is 2. The van der Waals surface area contributed by atoms with Crippen LogP contribution in [0, 0.1) is 0 Å². The van der Waals surface area contributed by atoms with Gasteiger partial charge in [0.25, 0.3) is 10.0 Å². The Bertz CT molecular complexity index is 520. The fourth-order valence-electron chi connectivity index (χ4n) is 1.88. The normalized spacial score (nSPS) is 11.8. The SMILES string of the molecule is CCCNc1cccnc1S(=O)(=O)N(C)CCCCCO. The van der Waals surface area contributed by atoms with Crippen LogP contribution in [0.1, 0.15) is 32.6 Å². The average Bonchev–Trinajstić information content (AvgIpc) is 2.49. The summed E-state index contributed by atoms with van der Waals surface area (Å²) in [5.74, 6) is 0. The minimum absolute atomic E-state index is 0.0723. The summed E-state index contributed by atoms with van der Waals surface area (Å²) >= 11 is 0. The van der Waals surface area contributed by atoms with Gasteiger partial charge >= 0.3 is 0 Å². The molecule has 0 aliphatic rings. The molecule has 1 aromatic rings. The quantitative estimate of drug-likeness (QED) is 0.642. The van der Waals surface area contributed by atoms with Crippen LogP contribution in [0.15, 0.2) is 23.4 Å². The standard InChI is InChI=1S/C14H25N3O3S/c1-3-9-15-13-8-7-10-16-14(13)21(19,20)17(2)11-5-4-6-12-18/h7-8,10,15,18H,3-6,9,11-12H2,1-2H3. The van der Waals surface area contributed by atoms with Gasteiger partial charge in [-0.3, -0.25) is 0 Å². The number of anilines is 1. The fraction of sp³-hybridized carbons (Fsp3) is 0.643. The van der Waals surface area contributed by atoms with Gasteiger partial charge in [0.2, 0.25) is 0 Å². The van der Waals surface area contributed by atoms with Crippen molar-refractivity contribution in [3.05, 3.63) is 18.3 Å². The number of nitrogens with one attached hydrogen (secondary N) is 1. The number of rotatable bonds is 10. The van der Waals surface area contributed by atoms with Crippen LogP contribution in [0.3, 0.4) is 0 Å². The summed E-state index contributed by atoms with van der Waals surface area (Å²) in [6.07, 6.45) is 4.62. The van der Waals surface area contributed by atoms with E-state index in [-0.39, 0.29) is 11.6 Å². The van der Waals surface area contributed by atoms with Gasteiger partial charge in [-0.2, -0.15) is 4.31 Å². The number of hydrogen-bond donors (Lipinski definition) is 2. The molecule has 2 N–H and O–H groups in total. The molecule has 21 heavy (non-hydrogen) atoms. The molecule has 1 aromatic heterocycles. The van der Waals surface area contributed by atoms with Crippen molar-refractivity contribution in [1.82, 2.24) is 9.29 Å². The van der Waals surface area contributed by atoms with E-state index in [1.165, 1.54) is 10.5 Å². The zero-order valence-corrected chi connectivity index (χ0v) is 13.6. The molecule has 0 bridgehead atoms. The highest BCUT2D eigenvalue weighted by Crippen LogP contribution is 2.21. The van der Waals surface area contributed by atoms with Crippen molar-refractivity contribution in [3.8, 4) is 0 Å². The lowest BCUT2D eigenvalue weighted by atomic mass is 10.2. The van der Waals surface area contributed by atoms with Crippen molar-refractivity contribution < 1.29 is 13.5 Å². The predicted molar refractivity (Wildman–Crippen MR) is 83.8 cm³/mol. The molecular formula is C14H25N3O3S. The van der Waals surface area contributed by atoms with Crippen LogP contribution in [0.25, 0.3) is 0 Å². The molecule has 120 valence electrons. The number of hydrogen-bond acceptors (Lipinski definition) is 5. The number of aliphatic hydroxyl groups is 1. The maximum atomic E-state index is 12.6. The van der Waals surface area contributed by atoms with Gasteiger partial charge in [-0.25, -0.2) is 13.4 Å². The highest BCUT2D eigenvalue weighted by molar-refractivity contribution is 7.89. The van der Waals surface area contributed by atoms with Gasteiger partial charge in [0.15, 0.2) is 5.03 Å². The van der Waals surface area contributed by atoms with Gasteiger partial charge in [-0.15, -0.1) is 0 Å². The van der Waals surface area contributed by atoms with Crippen LogP contribution in [0.4, 0.5) is 5.69 Å². The molecule has 0 aromatic carbocycles. The fourth-order valence-corrected chi connectivity index (χ4v) is 3.16. The van der Waals surface area contributed by atoms with Crippen LogP contribution in [0.2, 0.25) is 0 Å². The molecule has 0 atom stereocenters. The Kier molecular flexibility index (Phi) is 7.63. The second-order valence-corrected chi connectivity index (χ2v) is 6.85. The monoisotopic (exact) mass is 315 g/mol. The smallest absolute Gasteiger partial charge is 0.262 e. The van der Waals surface area contributed by atoms with E-state index in [1.807, 2.05) is 6.92 Å². The first-order chi connectivity index (χ1) is 10.0. The third kappa shape index (κ3) is 5.26. The Hall–Kier alpha value is -1.18. The van der Waals surface area contributed by atoms with Crippen LogP contribution >= 0.6 is 0 Å². The maximum Gasteiger partial charge on any atom is 0.262 e. The third-order valence-corrected chi connectivity index (χ3v) is 4.94. The van der Waals surface area contributed by atoms with E-state index in [1.54, 1.807) is 19.2 Å². The van der Waals surface area contributed by atoms with E-state index in [4.69, 9.17) is 5.11 Å². The van der Waals surface area contributed by atoms with Gasteiger partial charge in [0, 0.05) is 32.9 Å². The van der Waals surface area contributed by atoms with Gasteiger partial charge in [0.05, 0.1) is 5.69 Å². The van der Waals surface area contributed by atoms with Crippen molar-refractivity contribution >= 4 is 15.7 Å². The minimum atomic E-state index is -3.59. The van der Waals surface area contributed by atoms with E-state index >= 15 is 0 Å². The molecule has 0 fully saturated rings. The lowest BCUT2D eigenvalue weighted by molar-refractivity contribution is 0.281. The van der Waals surface area contributed by atoms with Crippen molar-refractivity contribution in [2.75, 3.05) is 32.1 Å². The van der Waals surface area contributed by atoms with Crippen LogP contribution in [-0.2, 0) is 10.0 Å². The highest BCUT2D eigenvalue weighted by Gasteiger charge is 2.24. The molecule has 6 nitrogen and oxygen atoms in total. The van der Waals surface area contributed by atoms with Gasteiger partial charge in [-0.05, 0) is 37.8 Å². The lowest BCUT2D eigenvalue weighted by Crippen LogP contribution is -2.29. The number of aromatic nitrogens is 1. The van der Waals surface area contributed by atoms with Crippen molar-refractivity contribution in [3.63, 3.8) is 0 Å². The van der Waals surface area contributed by atoms with E-state index in [0.717, 1.165) is 19.3 Å². The van der Waals surface area contributed by atoms with Crippen LogP contribution in [-0.4, -0.2) is 49.6 Å². The first-order valence-electron chi connectivity index (χ1n) is 7.30. The van der Waals surface area contributed by atoms with Crippen LogP contribution in [0.5, 0.6) is 0 Å². The van der Waals surface area contributed by atoms with Crippen molar-refractivity contribution in [2.24, 2.45) is 0 Å². The number of nitrogens with zero attached hydrogens (tertiary/aromatic N) is 2. The minimum Gasteiger partial charge on any atom is -0.396 e. The predicted octanol–water partition coefficient (Wildman–Crippen LogP) is 1.69. The molecule has 0 saturated heterocycles. The largest absolute Gasteiger partial charge is 0.396 e. The number of pyridine rings is 1. The summed E-state index contributed by atoms with van der Waals surface area (Å²) in [7, 11) is -2.03. The summed E-state index contributed by atoms with van der Waals surface area (Å²) in [5, 5.41) is 11.9. The van der Waals surface area contributed by atoms with Crippen molar-refractivity contribution in [1.29, 1.82) is 0 Å². The van der Waals surface area contributed by atoms with Gasteiger partial charge in [-0.1, -0.05) is 6.92 Å². The number of aliphatic hydroxyl groups excluding tert-OH is 1. The molecule has 0 spiro atoms. The molecular weight excluding hydrogens is 290 g/mol. The molecule has 0 unspecified atom stereocenters. The summed E-state index contributed by atoms with van der Waals surface area (Å²) in [5.41, 5.74) is 0.543. The molecule has 0 radical (unpaired) electrons. The summed E-state index contributed by atoms with van der Waals surface area (Å²) in [6, 6.07) is 3.45. The van der Waals surface area contributed by atoms with Gasteiger partial charge in [0.1, 0.15) is 0 Å². The third-order valence-electron chi connectivity index (χ3n) is 3.12. The lowest BCUT2D eigenvalue weighted by Gasteiger charge is -2.18.